The molecule has 0 saturated carbocycles. The molecule has 8 nitrogen and oxygen atoms in total. The van der Waals surface area contributed by atoms with E-state index in [1.54, 1.807) is 18.5 Å². The Morgan fingerprint density at radius 2 is 1.69 bits per heavy atom. The molecule has 5 rings (SSSR count). The molecule has 0 amide bonds. The topological polar surface area (TPSA) is 86.0 Å². The molecule has 1 aliphatic rings. The Labute approximate surface area is 204 Å². The summed E-state index contributed by atoms with van der Waals surface area (Å²) in [5, 5.41) is 0. The van der Waals surface area contributed by atoms with Crippen LogP contribution in [-0.2, 0) is 12.7 Å². The van der Waals surface area contributed by atoms with Gasteiger partial charge in [-0.05, 0) is 36.5 Å². The number of pyridine rings is 1. The minimum atomic E-state index is -4.53. The van der Waals surface area contributed by atoms with Crippen molar-refractivity contribution in [2.45, 2.75) is 31.5 Å². The van der Waals surface area contributed by atoms with Crippen molar-refractivity contribution >= 4 is 17.0 Å². The zero-order chi connectivity index (χ0) is 25.3. The molecule has 0 spiro atoms. The van der Waals surface area contributed by atoms with Crippen molar-refractivity contribution in [2.24, 2.45) is 0 Å². The van der Waals surface area contributed by atoms with E-state index in [-0.39, 0.29) is 29.2 Å². The standard InChI is InChI=1S/C25H23F3N6O2/c1-36-23-22(31-10-11-32-23)33-12-6-16(7-13-33)18-14-20-21(30-9-8-29-20)34(24(18)35)15-17-4-2-3-5-19(17)25(26,27)28/h2-5,8-11,14,16H,6-7,12-13,15H2,1H3. The highest BCUT2D eigenvalue weighted by Gasteiger charge is 2.33. The second-order valence-electron chi connectivity index (χ2n) is 8.56. The molecular formula is C25H23F3N6O2. The maximum Gasteiger partial charge on any atom is 0.416 e. The average Bonchev–Trinajstić information content (AvgIpc) is 2.90. The van der Waals surface area contributed by atoms with E-state index in [0.29, 0.717) is 48.7 Å². The molecule has 0 atom stereocenters. The molecule has 0 aliphatic carbocycles. The number of benzene rings is 1. The van der Waals surface area contributed by atoms with Crippen molar-refractivity contribution in [3.8, 4) is 5.88 Å². The number of nitrogens with zero attached hydrogens (tertiary/aromatic N) is 6. The van der Waals surface area contributed by atoms with Crippen molar-refractivity contribution in [3.05, 3.63) is 82.2 Å². The van der Waals surface area contributed by atoms with Gasteiger partial charge in [-0.25, -0.2) is 15.0 Å². The molecule has 1 fully saturated rings. The van der Waals surface area contributed by atoms with E-state index in [1.165, 1.54) is 42.3 Å². The van der Waals surface area contributed by atoms with Crippen LogP contribution in [0.15, 0.2) is 59.9 Å². The van der Waals surface area contributed by atoms with E-state index in [0.717, 1.165) is 6.07 Å². The van der Waals surface area contributed by atoms with E-state index >= 15 is 0 Å². The maximum atomic E-state index is 13.7. The quantitative estimate of drug-likeness (QED) is 0.412. The van der Waals surface area contributed by atoms with Crippen LogP contribution < -0.4 is 15.2 Å². The lowest BCUT2D eigenvalue weighted by Crippen LogP contribution is -2.36. The SMILES string of the molecule is COc1nccnc1N1CCC(c2cc3nccnc3n(Cc3ccccc3C(F)(F)F)c2=O)CC1. The first-order valence-electron chi connectivity index (χ1n) is 11.5. The molecule has 4 heterocycles. The van der Waals surface area contributed by atoms with Gasteiger partial charge in [0.25, 0.3) is 11.4 Å². The summed E-state index contributed by atoms with van der Waals surface area (Å²) in [7, 11) is 1.54. The van der Waals surface area contributed by atoms with Crippen LogP contribution in [0.4, 0.5) is 19.0 Å². The normalized spacial score (nSPS) is 14.8. The lowest BCUT2D eigenvalue weighted by molar-refractivity contribution is -0.138. The third-order valence-electron chi connectivity index (χ3n) is 6.47. The number of methoxy groups -OCH3 is 1. The Morgan fingerprint density at radius 1 is 1.00 bits per heavy atom. The van der Waals surface area contributed by atoms with Crippen molar-refractivity contribution < 1.29 is 17.9 Å². The number of halogens is 3. The van der Waals surface area contributed by atoms with Crippen LogP contribution in [0.25, 0.3) is 11.2 Å². The van der Waals surface area contributed by atoms with Crippen LogP contribution in [-0.4, -0.2) is 44.7 Å². The molecule has 36 heavy (non-hydrogen) atoms. The van der Waals surface area contributed by atoms with E-state index in [4.69, 9.17) is 4.74 Å². The maximum absolute atomic E-state index is 13.7. The molecule has 0 unspecified atom stereocenters. The molecule has 0 bridgehead atoms. The average molecular weight is 496 g/mol. The van der Waals surface area contributed by atoms with Gasteiger partial charge in [0.15, 0.2) is 11.5 Å². The van der Waals surface area contributed by atoms with Gasteiger partial charge in [-0.2, -0.15) is 13.2 Å². The Kier molecular flexibility index (Phi) is 6.29. The zero-order valence-electron chi connectivity index (χ0n) is 19.4. The van der Waals surface area contributed by atoms with Gasteiger partial charge in [0, 0.05) is 43.4 Å². The number of aromatic nitrogens is 5. The summed E-state index contributed by atoms with van der Waals surface area (Å²) in [6.45, 7) is 0.982. The first kappa shape index (κ1) is 23.7. The predicted molar refractivity (Wildman–Crippen MR) is 127 cm³/mol. The molecule has 1 aliphatic heterocycles. The predicted octanol–water partition coefficient (Wildman–Crippen LogP) is 4.04. The summed E-state index contributed by atoms with van der Waals surface area (Å²) in [5.41, 5.74) is 0.125. The van der Waals surface area contributed by atoms with Gasteiger partial charge in [-0.1, -0.05) is 18.2 Å². The third kappa shape index (κ3) is 4.48. The first-order valence-corrected chi connectivity index (χ1v) is 11.5. The number of ether oxygens (including phenoxy) is 1. The van der Waals surface area contributed by atoms with E-state index in [9.17, 15) is 18.0 Å². The van der Waals surface area contributed by atoms with Crippen molar-refractivity contribution in [3.63, 3.8) is 0 Å². The Morgan fingerprint density at radius 3 is 2.44 bits per heavy atom. The summed E-state index contributed by atoms with van der Waals surface area (Å²) < 4.78 is 47.5. The molecule has 3 aromatic heterocycles. The second kappa shape index (κ2) is 9.56. The number of fused-ring (bicyclic) bond motifs is 1. The molecule has 1 aromatic carbocycles. The summed E-state index contributed by atoms with van der Waals surface area (Å²) >= 11 is 0. The van der Waals surface area contributed by atoms with Crippen LogP contribution in [0.5, 0.6) is 5.88 Å². The Balaban J connectivity index is 1.50. The lowest BCUT2D eigenvalue weighted by atomic mass is 9.90. The highest BCUT2D eigenvalue weighted by Crippen LogP contribution is 2.34. The van der Waals surface area contributed by atoms with Gasteiger partial charge >= 0.3 is 6.18 Å². The van der Waals surface area contributed by atoms with Gasteiger partial charge < -0.3 is 9.64 Å². The summed E-state index contributed by atoms with van der Waals surface area (Å²) in [6, 6.07) is 7.00. The number of alkyl halides is 3. The van der Waals surface area contributed by atoms with Crippen molar-refractivity contribution in [1.82, 2.24) is 24.5 Å². The third-order valence-corrected chi connectivity index (χ3v) is 6.47. The largest absolute Gasteiger partial charge is 0.478 e. The molecule has 0 N–H and O–H groups in total. The molecule has 4 aromatic rings. The number of anilines is 1. The van der Waals surface area contributed by atoms with Gasteiger partial charge in [-0.3, -0.25) is 14.3 Å². The number of hydrogen-bond acceptors (Lipinski definition) is 7. The number of hydrogen-bond donors (Lipinski definition) is 0. The fourth-order valence-electron chi connectivity index (χ4n) is 4.74. The van der Waals surface area contributed by atoms with Gasteiger partial charge in [0.1, 0.15) is 5.52 Å². The second-order valence-corrected chi connectivity index (χ2v) is 8.56. The van der Waals surface area contributed by atoms with Crippen molar-refractivity contribution in [1.29, 1.82) is 0 Å². The van der Waals surface area contributed by atoms with Crippen LogP contribution in [0.3, 0.4) is 0 Å². The molecule has 0 radical (unpaired) electrons. The van der Waals surface area contributed by atoms with Crippen molar-refractivity contribution in [2.75, 3.05) is 25.1 Å². The molecular weight excluding hydrogens is 473 g/mol. The van der Waals surface area contributed by atoms with E-state index in [1.807, 2.05) is 0 Å². The van der Waals surface area contributed by atoms with Gasteiger partial charge in [0.2, 0.25) is 0 Å². The van der Waals surface area contributed by atoms with Crippen LogP contribution in [0.1, 0.15) is 35.4 Å². The van der Waals surface area contributed by atoms with E-state index in [2.05, 4.69) is 24.8 Å². The van der Waals surface area contributed by atoms with Crippen LogP contribution in [0, 0.1) is 0 Å². The fraction of sp³-hybridized carbons (Fsp3) is 0.320. The number of rotatable bonds is 5. The summed E-state index contributed by atoms with van der Waals surface area (Å²) in [6.07, 6.45) is 2.87. The van der Waals surface area contributed by atoms with Gasteiger partial charge in [-0.15, -0.1) is 0 Å². The highest BCUT2D eigenvalue weighted by molar-refractivity contribution is 5.71. The minimum Gasteiger partial charge on any atom is -0.478 e. The Hall–Kier alpha value is -4.02. The summed E-state index contributed by atoms with van der Waals surface area (Å²) in [4.78, 5) is 32.9. The van der Waals surface area contributed by atoms with Crippen LogP contribution in [0.2, 0.25) is 0 Å². The smallest absolute Gasteiger partial charge is 0.416 e. The molecule has 1 saturated heterocycles. The van der Waals surface area contributed by atoms with Gasteiger partial charge in [0.05, 0.1) is 19.2 Å². The first-order chi connectivity index (χ1) is 17.4. The monoisotopic (exact) mass is 496 g/mol. The number of piperidine rings is 1. The van der Waals surface area contributed by atoms with Crippen LogP contribution >= 0.6 is 0 Å². The highest BCUT2D eigenvalue weighted by atomic mass is 19.4. The fourth-order valence-corrected chi connectivity index (χ4v) is 4.74. The van der Waals surface area contributed by atoms with E-state index < -0.39 is 11.7 Å². The lowest BCUT2D eigenvalue weighted by Gasteiger charge is -2.33. The summed E-state index contributed by atoms with van der Waals surface area (Å²) in [5.74, 6) is 0.985. The zero-order valence-corrected chi connectivity index (χ0v) is 19.4. The molecule has 186 valence electrons. The minimum absolute atomic E-state index is 0.000712. The molecule has 11 heteroatoms. The Bertz CT molecular complexity index is 1450.